The maximum absolute atomic E-state index is 14.5. The minimum Gasteiger partial charge on any atom is -0.472 e. The van der Waals surface area contributed by atoms with E-state index < -0.39 is 62.0 Å². The van der Waals surface area contributed by atoms with Gasteiger partial charge in [-0.25, -0.2) is 18.2 Å². The lowest BCUT2D eigenvalue weighted by Crippen LogP contribution is -2.58. The summed E-state index contributed by atoms with van der Waals surface area (Å²) in [4.78, 5) is 47.4. The summed E-state index contributed by atoms with van der Waals surface area (Å²) in [6.07, 6.45) is 2.18. The van der Waals surface area contributed by atoms with Gasteiger partial charge in [-0.3, -0.25) is 14.3 Å². The van der Waals surface area contributed by atoms with E-state index in [2.05, 4.69) is 21.9 Å². The Balaban J connectivity index is 1.28. The number of aromatic nitrogens is 1. The summed E-state index contributed by atoms with van der Waals surface area (Å²) in [5.41, 5.74) is -2.06. The summed E-state index contributed by atoms with van der Waals surface area (Å²) >= 11 is 0. The molecular weight excluding hydrogens is 678 g/mol. The molecule has 6 rings (SSSR count). The Hall–Kier alpha value is -3.95. The zero-order valence-corrected chi connectivity index (χ0v) is 30.9. The van der Waals surface area contributed by atoms with Crippen molar-refractivity contribution in [1.29, 1.82) is 0 Å². The molecule has 15 heteroatoms. The second-order valence-corrected chi connectivity index (χ2v) is 17.9. The molecule has 51 heavy (non-hydrogen) atoms. The van der Waals surface area contributed by atoms with Crippen molar-refractivity contribution < 1.29 is 41.7 Å². The summed E-state index contributed by atoms with van der Waals surface area (Å²) in [7, 11) is -3.78. The zero-order chi connectivity index (χ0) is 36.9. The minimum atomic E-state index is -3.78. The van der Waals surface area contributed by atoms with Crippen molar-refractivity contribution in [3.05, 3.63) is 42.6 Å². The van der Waals surface area contributed by atoms with E-state index in [0.717, 1.165) is 10.8 Å². The van der Waals surface area contributed by atoms with Gasteiger partial charge >= 0.3 is 6.09 Å². The SMILES string of the molecule is C=CC1C[C@]1(NC[C@@H]1C[C@@H](Oc2nc3c(c4ccccc24)OCOC3)CN1C(=O)[C@@H](NC(=O)OC(C)(C)C)C(C)(C)C)C(=O)NS(=O)(=O)C1CC1. The summed E-state index contributed by atoms with van der Waals surface area (Å²) in [5.74, 6) is -0.252. The number of ether oxygens (including phenoxy) is 4. The molecule has 4 aliphatic rings. The van der Waals surface area contributed by atoms with Crippen molar-refractivity contribution in [3.8, 4) is 11.6 Å². The maximum atomic E-state index is 14.5. The van der Waals surface area contributed by atoms with Gasteiger partial charge in [-0.15, -0.1) is 6.58 Å². The number of nitrogens with one attached hydrogen (secondary N) is 3. The van der Waals surface area contributed by atoms with Gasteiger partial charge in [-0.2, -0.15) is 0 Å². The highest BCUT2D eigenvalue weighted by molar-refractivity contribution is 7.91. The molecule has 3 amide bonds. The molecule has 3 N–H and O–H groups in total. The second kappa shape index (κ2) is 13.6. The standard InChI is InChI=1S/C36H49N5O9S/c1-8-21-16-36(21,32(43)40-51(45,46)24-13-14-24)37-17-22-15-23(18-41(22)31(42)29(34(2,3)4)39-33(44)50-35(5,6)7)49-30-26-12-10-9-11-25(26)28-27(38-30)19-47-20-48-28/h8-12,21-24,29,37H,1,13-20H2,2-7H3,(H,39,44)(H,40,43)/t21?,22-,23+,29+,36+/m0/s1. The van der Waals surface area contributed by atoms with E-state index in [4.69, 9.17) is 23.9 Å². The van der Waals surface area contributed by atoms with Crippen molar-refractivity contribution >= 4 is 38.7 Å². The molecule has 0 bridgehead atoms. The number of likely N-dealkylation sites (tertiary alicyclic amines) is 1. The van der Waals surface area contributed by atoms with Crippen LogP contribution in [0.5, 0.6) is 11.6 Å². The number of rotatable bonds is 11. The molecule has 2 aromatic rings. The average Bonchev–Trinajstić information content (AvgIpc) is 3.98. The van der Waals surface area contributed by atoms with E-state index >= 15 is 0 Å². The van der Waals surface area contributed by atoms with Crippen LogP contribution in [0.1, 0.15) is 72.9 Å². The largest absolute Gasteiger partial charge is 0.472 e. The van der Waals surface area contributed by atoms with Crippen LogP contribution >= 0.6 is 0 Å². The van der Waals surface area contributed by atoms with Crippen LogP contribution in [0.4, 0.5) is 4.79 Å². The Morgan fingerprint density at radius 1 is 1.14 bits per heavy atom. The van der Waals surface area contributed by atoms with Crippen molar-refractivity contribution in [2.45, 2.75) is 108 Å². The number of carbonyl (C=O) groups is 3. The second-order valence-electron chi connectivity index (χ2n) is 16.0. The monoisotopic (exact) mass is 727 g/mol. The van der Waals surface area contributed by atoms with Crippen LogP contribution in [-0.4, -0.2) is 90.7 Å². The lowest BCUT2D eigenvalue weighted by atomic mass is 9.85. The smallest absolute Gasteiger partial charge is 0.408 e. The van der Waals surface area contributed by atoms with Crippen LogP contribution in [0.25, 0.3) is 10.8 Å². The van der Waals surface area contributed by atoms with Crippen molar-refractivity contribution in [1.82, 2.24) is 25.2 Å². The highest BCUT2D eigenvalue weighted by Gasteiger charge is 2.60. The third-order valence-corrected chi connectivity index (χ3v) is 11.5. The molecule has 2 saturated carbocycles. The molecule has 1 aromatic heterocycles. The number of amides is 3. The Kier molecular flexibility index (Phi) is 9.78. The lowest BCUT2D eigenvalue weighted by molar-refractivity contribution is -0.137. The summed E-state index contributed by atoms with van der Waals surface area (Å²) in [5, 5.41) is 7.14. The van der Waals surface area contributed by atoms with Gasteiger partial charge in [0.2, 0.25) is 21.8 Å². The molecule has 1 unspecified atom stereocenters. The maximum Gasteiger partial charge on any atom is 0.408 e. The third kappa shape index (κ3) is 7.95. The summed E-state index contributed by atoms with van der Waals surface area (Å²) in [6, 6.07) is 6.15. The summed E-state index contributed by atoms with van der Waals surface area (Å²) < 4.78 is 51.0. The Morgan fingerprint density at radius 3 is 2.47 bits per heavy atom. The average molecular weight is 728 g/mol. The van der Waals surface area contributed by atoms with Gasteiger partial charge in [0, 0.05) is 35.7 Å². The fraction of sp³-hybridized carbons (Fsp3) is 0.611. The molecule has 1 aromatic carbocycles. The van der Waals surface area contributed by atoms with Crippen LogP contribution in [0.2, 0.25) is 0 Å². The number of hydrogen-bond acceptors (Lipinski definition) is 11. The molecule has 3 fully saturated rings. The zero-order valence-electron chi connectivity index (χ0n) is 30.1. The number of hydrogen-bond donors (Lipinski definition) is 3. The fourth-order valence-corrected chi connectivity index (χ4v) is 8.13. The first-order chi connectivity index (χ1) is 23.9. The van der Waals surface area contributed by atoms with E-state index in [1.807, 2.05) is 45.0 Å². The van der Waals surface area contributed by atoms with Crippen molar-refractivity contribution in [3.63, 3.8) is 0 Å². The molecule has 3 heterocycles. The van der Waals surface area contributed by atoms with Crippen molar-refractivity contribution in [2.75, 3.05) is 19.9 Å². The number of pyridine rings is 1. The molecule has 14 nitrogen and oxygen atoms in total. The third-order valence-electron chi connectivity index (χ3n) is 9.69. The topological polar surface area (TPSA) is 174 Å². The molecular formula is C36H49N5O9S. The van der Waals surface area contributed by atoms with Gasteiger partial charge in [0.25, 0.3) is 5.91 Å². The highest BCUT2D eigenvalue weighted by Crippen LogP contribution is 2.45. The van der Waals surface area contributed by atoms with Gasteiger partial charge in [0.05, 0.1) is 18.4 Å². The molecule has 2 aliphatic carbocycles. The number of benzene rings is 1. The number of nitrogens with zero attached hydrogens (tertiary/aromatic N) is 2. The van der Waals surface area contributed by atoms with E-state index in [0.29, 0.717) is 43.0 Å². The molecule has 278 valence electrons. The minimum absolute atomic E-state index is 0.123. The Labute approximate surface area is 299 Å². The predicted octanol–water partition coefficient (Wildman–Crippen LogP) is 3.53. The molecule has 0 radical (unpaired) electrons. The van der Waals surface area contributed by atoms with Gasteiger partial charge in [-0.1, -0.05) is 45.0 Å². The molecule has 1 saturated heterocycles. The number of sulfonamides is 1. The first kappa shape index (κ1) is 36.8. The number of carbonyl (C=O) groups excluding carboxylic acids is 3. The molecule has 5 atom stereocenters. The van der Waals surface area contributed by atoms with Crippen LogP contribution in [0.3, 0.4) is 0 Å². The lowest BCUT2D eigenvalue weighted by Gasteiger charge is -2.36. The van der Waals surface area contributed by atoms with Gasteiger partial charge in [0.1, 0.15) is 29.0 Å². The Bertz CT molecular complexity index is 1820. The quantitative estimate of drug-likeness (QED) is 0.289. The predicted molar refractivity (Wildman–Crippen MR) is 188 cm³/mol. The van der Waals surface area contributed by atoms with Crippen LogP contribution in [0, 0.1) is 11.3 Å². The Morgan fingerprint density at radius 2 is 1.84 bits per heavy atom. The van der Waals surface area contributed by atoms with Crippen molar-refractivity contribution in [2.24, 2.45) is 11.3 Å². The number of fused-ring (bicyclic) bond motifs is 3. The van der Waals surface area contributed by atoms with Gasteiger partial charge in [-0.05, 0) is 51.5 Å². The number of alkyl carbamates (subject to hydrolysis) is 1. The highest BCUT2D eigenvalue weighted by atomic mass is 32.2. The van der Waals surface area contributed by atoms with E-state index in [1.165, 1.54) is 0 Å². The van der Waals surface area contributed by atoms with Gasteiger partial charge < -0.3 is 34.5 Å². The summed E-state index contributed by atoms with van der Waals surface area (Å²) in [6.45, 7) is 15.4. The fourth-order valence-electron chi connectivity index (χ4n) is 6.76. The van der Waals surface area contributed by atoms with E-state index in [1.54, 1.807) is 31.7 Å². The normalized spacial score (nSPS) is 25.3. The molecule has 0 spiro atoms. The first-order valence-corrected chi connectivity index (χ1v) is 19.0. The van der Waals surface area contributed by atoms with E-state index in [9.17, 15) is 22.8 Å². The van der Waals surface area contributed by atoms with Crippen LogP contribution in [-0.2, 0) is 35.7 Å². The van der Waals surface area contributed by atoms with E-state index in [-0.39, 0.29) is 38.3 Å². The van der Waals surface area contributed by atoms with Crippen LogP contribution in [0.15, 0.2) is 36.9 Å². The van der Waals surface area contributed by atoms with Crippen LogP contribution < -0.4 is 24.8 Å². The molecule has 2 aliphatic heterocycles. The van der Waals surface area contributed by atoms with Gasteiger partial charge in [0.15, 0.2) is 12.5 Å². The first-order valence-electron chi connectivity index (χ1n) is 17.4.